The molecule has 0 fully saturated rings. The predicted molar refractivity (Wildman–Crippen MR) is 96.2 cm³/mol. The van der Waals surface area contributed by atoms with Gasteiger partial charge in [-0.2, -0.15) is 11.3 Å². The number of aromatic nitrogens is 1. The molecular weight excluding hydrogens is 306 g/mol. The Balaban J connectivity index is 1.72. The van der Waals surface area contributed by atoms with Gasteiger partial charge in [-0.15, -0.1) is 0 Å². The van der Waals surface area contributed by atoms with E-state index in [0.29, 0.717) is 6.54 Å². The summed E-state index contributed by atoms with van der Waals surface area (Å²) in [5.41, 5.74) is 2.43. The van der Waals surface area contributed by atoms with Gasteiger partial charge in [0.2, 0.25) is 0 Å². The lowest BCUT2D eigenvalue weighted by molar-refractivity contribution is 0.234. The molecule has 0 saturated carbocycles. The molecule has 0 aliphatic rings. The van der Waals surface area contributed by atoms with Crippen molar-refractivity contribution < 1.29 is 4.79 Å². The second-order valence-corrected chi connectivity index (χ2v) is 6.80. The molecule has 1 N–H and O–H groups in total. The number of nitrogens with one attached hydrogen (secondary N) is 1. The lowest BCUT2D eigenvalue weighted by atomic mass is 10.1. The number of likely N-dealkylation sites (N-methyl/N-ethyl adjacent to an activating group) is 1. The fraction of sp³-hybridized carbons (Fsp3) is 0.278. The Morgan fingerprint density at radius 2 is 2.04 bits per heavy atom. The molecule has 2 aromatic heterocycles. The number of benzene rings is 1. The van der Waals surface area contributed by atoms with E-state index in [1.54, 1.807) is 15.9 Å². The zero-order chi connectivity index (χ0) is 16.4. The van der Waals surface area contributed by atoms with Crippen molar-refractivity contribution in [3.8, 4) is 0 Å². The highest BCUT2D eigenvalue weighted by Gasteiger charge is 2.16. The van der Waals surface area contributed by atoms with Gasteiger partial charge in [-0.05, 0) is 54.9 Å². The molecule has 3 rings (SSSR count). The van der Waals surface area contributed by atoms with Crippen LogP contribution in [0.25, 0.3) is 10.8 Å². The van der Waals surface area contributed by atoms with Gasteiger partial charge in [-0.1, -0.05) is 17.7 Å². The van der Waals surface area contributed by atoms with Crippen molar-refractivity contribution in [2.45, 2.75) is 13.0 Å². The van der Waals surface area contributed by atoms with E-state index in [0.717, 1.165) is 10.8 Å². The van der Waals surface area contributed by atoms with Gasteiger partial charge in [0.25, 0.3) is 0 Å². The molecule has 1 unspecified atom stereocenters. The zero-order valence-electron chi connectivity index (χ0n) is 13.6. The lowest BCUT2D eigenvalue weighted by Crippen LogP contribution is -2.36. The van der Waals surface area contributed by atoms with Crippen molar-refractivity contribution in [3.63, 3.8) is 0 Å². The van der Waals surface area contributed by atoms with Crippen molar-refractivity contribution in [1.29, 1.82) is 0 Å². The maximum absolute atomic E-state index is 12.4. The van der Waals surface area contributed by atoms with Crippen LogP contribution in [-0.2, 0) is 0 Å². The average Bonchev–Trinajstić information content (AvgIpc) is 3.15. The van der Waals surface area contributed by atoms with Crippen LogP contribution >= 0.6 is 11.3 Å². The third kappa shape index (κ3) is 3.46. The molecule has 5 heteroatoms. The molecule has 1 atom stereocenters. The van der Waals surface area contributed by atoms with Gasteiger partial charge in [0.15, 0.2) is 0 Å². The fourth-order valence-electron chi connectivity index (χ4n) is 2.72. The molecular formula is C18H21N3OS. The minimum atomic E-state index is -0.0964. The zero-order valence-corrected chi connectivity index (χ0v) is 14.4. The van der Waals surface area contributed by atoms with E-state index in [4.69, 9.17) is 0 Å². The van der Waals surface area contributed by atoms with Crippen molar-refractivity contribution >= 4 is 28.1 Å². The van der Waals surface area contributed by atoms with Crippen molar-refractivity contribution in [1.82, 2.24) is 14.8 Å². The summed E-state index contributed by atoms with van der Waals surface area (Å²) in [6, 6.07) is 8.38. The summed E-state index contributed by atoms with van der Waals surface area (Å²) in [7, 11) is 4.06. The summed E-state index contributed by atoms with van der Waals surface area (Å²) >= 11 is 1.68. The molecule has 2 heterocycles. The quantitative estimate of drug-likeness (QED) is 0.790. The van der Waals surface area contributed by atoms with E-state index in [2.05, 4.69) is 46.1 Å². The van der Waals surface area contributed by atoms with Crippen molar-refractivity contribution in [3.05, 3.63) is 58.5 Å². The number of amides is 1. The van der Waals surface area contributed by atoms with Gasteiger partial charge >= 0.3 is 6.03 Å². The van der Waals surface area contributed by atoms with Crippen LogP contribution in [0.4, 0.5) is 4.79 Å². The van der Waals surface area contributed by atoms with Gasteiger partial charge in [0.05, 0.1) is 6.04 Å². The van der Waals surface area contributed by atoms with Crippen LogP contribution in [0.15, 0.2) is 47.4 Å². The summed E-state index contributed by atoms with van der Waals surface area (Å²) in [5.74, 6) is 0. The maximum Gasteiger partial charge on any atom is 0.325 e. The molecule has 0 radical (unpaired) electrons. The summed E-state index contributed by atoms with van der Waals surface area (Å²) in [6.07, 6.45) is 3.76. The van der Waals surface area contributed by atoms with E-state index in [9.17, 15) is 4.79 Å². The molecule has 23 heavy (non-hydrogen) atoms. The SMILES string of the molecule is Cc1ccc2cn(C(=O)NCC(c3ccsc3)N(C)C)cc2c1. The highest BCUT2D eigenvalue weighted by atomic mass is 32.1. The van der Waals surface area contributed by atoms with Crippen LogP contribution in [0.1, 0.15) is 17.2 Å². The Bertz CT molecular complexity index is 805. The first kappa shape index (κ1) is 15.8. The third-order valence-corrected chi connectivity index (χ3v) is 4.73. The standard InChI is InChI=1S/C18H21N3OS/c1-13-4-5-14-10-21(11-16(14)8-13)18(22)19-9-17(20(2)3)15-6-7-23-12-15/h4-8,10-12,17H,9H2,1-3H3,(H,19,22). The molecule has 0 saturated heterocycles. The number of fused-ring (bicyclic) bond motifs is 1. The average molecular weight is 327 g/mol. The highest BCUT2D eigenvalue weighted by Crippen LogP contribution is 2.20. The van der Waals surface area contributed by atoms with Crippen LogP contribution < -0.4 is 5.32 Å². The summed E-state index contributed by atoms with van der Waals surface area (Å²) in [6.45, 7) is 2.63. The Morgan fingerprint density at radius 3 is 2.74 bits per heavy atom. The number of thiophene rings is 1. The van der Waals surface area contributed by atoms with Crippen LogP contribution in [0.2, 0.25) is 0 Å². The molecule has 1 aromatic carbocycles. The first-order chi connectivity index (χ1) is 11.0. The second kappa shape index (κ2) is 6.56. The van der Waals surface area contributed by atoms with Crippen molar-refractivity contribution in [2.75, 3.05) is 20.6 Å². The monoisotopic (exact) mass is 327 g/mol. The van der Waals surface area contributed by atoms with E-state index in [-0.39, 0.29) is 12.1 Å². The first-order valence-electron chi connectivity index (χ1n) is 7.59. The van der Waals surface area contributed by atoms with E-state index in [1.165, 1.54) is 11.1 Å². The third-order valence-electron chi connectivity index (χ3n) is 4.03. The van der Waals surface area contributed by atoms with Gasteiger partial charge in [0.1, 0.15) is 0 Å². The number of rotatable bonds is 4. The van der Waals surface area contributed by atoms with E-state index >= 15 is 0 Å². The minimum Gasteiger partial charge on any atom is -0.335 e. The molecule has 4 nitrogen and oxygen atoms in total. The molecule has 3 aromatic rings. The Labute approximate surface area is 140 Å². The number of aryl methyl sites for hydroxylation is 1. The van der Waals surface area contributed by atoms with Gasteiger partial charge in [-0.25, -0.2) is 4.79 Å². The molecule has 0 bridgehead atoms. The van der Waals surface area contributed by atoms with Crippen molar-refractivity contribution in [2.24, 2.45) is 0 Å². The number of hydrogen-bond donors (Lipinski definition) is 1. The molecule has 0 spiro atoms. The summed E-state index contributed by atoms with van der Waals surface area (Å²) in [5, 5.41) is 9.39. The Hall–Kier alpha value is -2.11. The van der Waals surface area contributed by atoms with Crippen LogP contribution in [0.5, 0.6) is 0 Å². The number of carbonyl (C=O) groups excluding carboxylic acids is 1. The molecule has 0 aliphatic carbocycles. The number of nitrogens with zero attached hydrogens (tertiary/aromatic N) is 2. The second-order valence-electron chi connectivity index (χ2n) is 6.02. The first-order valence-corrected chi connectivity index (χ1v) is 8.54. The van der Waals surface area contributed by atoms with E-state index < -0.39 is 0 Å². The smallest absolute Gasteiger partial charge is 0.325 e. The molecule has 0 aliphatic heterocycles. The maximum atomic E-state index is 12.4. The summed E-state index contributed by atoms with van der Waals surface area (Å²) in [4.78, 5) is 14.6. The molecule has 120 valence electrons. The largest absolute Gasteiger partial charge is 0.335 e. The van der Waals surface area contributed by atoms with Gasteiger partial charge in [-0.3, -0.25) is 4.57 Å². The number of carbonyl (C=O) groups is 1. The van der Waals surface area contributed by atoms with Crippen LogP contribution in [-0.4, -0.2) is 36.1 Å². The van der Waals surface area contributed by atoms with Gasteiger partial charge in [0, 0.05) is 24.3 Å². The highest BCUT2D eigenvalue weighted by molar-refractivity contribution is 7.07. The Morgan fingerprint density at radius 1 is 1.26 bits per heavy atom. The predicted octanol–water partition coefficient (Wildman–Crippen LogP) is 3.87. The summed E-state index contributed by atoms with van der Waals surface area (Å²) < 4.78 is 1.63. The number of hydrogen-bond acceptors (Lipinski definition) is 3. The van der Waals surface area contributed by atoms with Crippen LogP contribution in [0, 0.1) is 6.92 Å². The minimum absolute atomic E-state index is 0.0964. The topological polar surface area (TPSA) is 37.3 Å². The fourth-order valence-corrected chi connectivity index (χ4v) is 3.42. The van der Waals surface area contributed by atoms with Crippen LogP contribution in [0.3, 0.4) is 0 Å². The lowest BCUT2D eigenvalue weighted by Gasteiger charge is -2.24. The van der Waals surface area contributed by atoms with Gasteiger partial charge < -0.3 is 10.2 Å². The molecule has 1 amide bonds. The Kier molecular flexibility index (Phi) is 4.50. The normalized spacial score (nSPS) is 12.7. The van der Waals surface area contributed by atoms with E-state index in [1.807, 2.05) is 32.6 Å².